The Balaban J connectivity index is 1.83. The van der Waals surface area contributed by atoms with E-state index in [4.69, 9.17) is 5.11 Å². The van der Waals surface area contributed by atoms with Crippen molar-refractivity contribution in [1.29, 1.82) is 0 Å². The third kappa shape index (κ3) is 3.94. The summed E-state index contributed by atoms with van der Waals surface area (Å²) in [7, 11) is -3.40. The first-order valence-electron chi connectivity index (χ1n) is 7.58. The van der Waals surface area contributed by atoms with Gasteiger partial charge in [0.25, 0.3) is 10.2 Å². The lowest BCUT2D eigenvalue weighted by atomic mass is 9.86. The number of hydrogen-bond donors (Lipinski definition) is 2. The van der Waals surface area contributed by atoms with Gasteiger partial charge >= 0.3 is 5.97 Å². The standard InChI is InChI=1S/C13H25N3O4S/c1-3-15(9-13(17)18)12-7-11(8-12)14-21(19,20)16-6-4-5-10(16)2/h10-12,14H,3-9H2,1-2H3,(H,17,18). The van der Waals surface area contributed by atoms with Gasteiger partial charge in [0.05, 0.1) is 6.54 Å². The highest BCUT2D eigenvalue weighted by molar-refractivity contribution is 7.87. The molecule has 0 amide bonds. The maximum absolute atomic E-state index is 12.3. The van der Waals surface area contributed by atoms with Gasteiger partial charge < -0.3 is 5.11 Å². The minimum atomic E-state index is -3.40. The number of nitrogens with one attached hydrogen (secondary N) is 1. The van der Waals surface area contributed by atoms with Crippen molar-refractivity contribution in [2.75, 3.05) is 19.6 Å². The normalized spacial score (nSPS) is 30.5. The molecule has 0 aromatic rings. The fourth-order valence-electron chi connectivity index (χ4n) is 3.20. The van der Waals surface area contributed by atoms with Crippen LogP contribution in [0.2, 0.25) is 0 Å². The first kappa shape index (κ1) is 16.7. The van der Waals surface area contributed by atoms with Crippen LogP contribution in [0.1, 0.15) is 39.5 Å². The summed E-state index contributed by atoms with van der Waals surface area (Å²) in [6.45, 7) is 5.13. The second-order valence-corrected chi connectivity index (χ2v) is 7.66. The van der Waals surface area contributed by atoms with E-state index in [0.29, 0.717) is 25.9 Å². The average molecular weight is 319 g/mol. The van der Waals surface area contributed by atoms with Crippen molar-refractivity contribution >= 4 is 16.2 Å². The van der Waals surface area contributed by atoms with Gasteiger partial charge in [0.2, 0.25) is 0 Å². The molecule has 8 heteroatoms. The van der Waals surface area contributed by atoms with E-state index >= 15 is 0 Å². The molecule has 2 N–H and O–H groups in total. The van der Waals surface area contributed by atoms with Gasteiger partial charge in [0.15, 0.2) is 0 Å². The lowest BCUT2D eigenvalue weighted by molar-refractivity contribution is -0.139. The van der Waals surface area contributed by atoms with Crippen LogP contribution in [0, 0.1) is 0 Å². The van der Waals surface area contributed by atoms with Gasteiger partial charge in [0, 0.05) is 24.7 Å². The molecule has 1 aliphatic carbocycles. The lowest BCUT2D eigenvalue weighted by Gasteiger charge is -2.42. The molecule has 1 unspecified atom stereocenters. The monoisotopic (exact) mass is 319 g/mol. The predicted octanol–water partition coefficient (Wildman–Crippen LogP) is 0.243. The highest BCUT2D eigenvalue weighted by Gasteiger charge is 2.39. The van der Waals surface area contributed by atoms with Crippen molar-refractivity contribution in [1.82, 2.24) is 13.9 Å². The number of nitrogens with zero attached hydrogens (tertiary/aromatic N) is 2. The summed E-state index contributed by atoms with van der Waals surface area (Å²) < 4.78 is 28.8. The maximum atomic E-state index is 12.3. The van der Waals surface area contributed by atoms with Gasteiger partial charge in [0.1, 0.15) is 0 Å². The number of likely N-dealkylation sites (N-methyl/N-ethyl adjacent to an activating group) is 1. The number of aliphatic carboxylic acids is 1. The Morgan fingerprint density at radius 3 is 2.57 bits per heavy atom. The number of rotatable bonds is 7. The van der Waals surface area contributed by atoms with Gasteiger partial charge in [-0.2, -0.15) is 17.4 Å². The van der Waals surface area contributed by atoms with Gasteiger partial charge in [-0.05, 0) is 39.2 Å². The molecule has 21 heavy (non-hydrogen) atoms. The summed E-state index contributed by atoms with van der Waals surface area (Å²) in [6.07, 6.45) is 3.19. The Hall–Kier alpha value is -0.700. The van der Waals surface area contributed by atoms with E-state index in [9.17, 15) is 13.2 Å². The van der Waals surface area contributed by atoms with Crippen molar-refractivity contribution < 1.29 is 18.3 Å². The van der Waals surface area contributed by atoms with Crippen LogP contribution in [0.3, 0.4) is 0 Å². The van der Waals surface area contributed by atoms with Crippen LogP contribution < -0.4 is 4.72 Å². The molecule has 0 spiro atoms. The van der Waals surface area contributed by atoms with E-state index in [0.717, 1.165) is 12.8 Å². The first-order valence-corrected chi connectivity index (χ1v) is 9.02. The molecule has 2 rings (SSSR count). The second-order valence-electron chi connectivity index (χ2n) is 6.00. The zero-order valence-corrected chi connectivity index (χ0v) is 13.5. The van der Waals surface area contributed by atoms with Crippen LogP contribution in [0.4, 0.5) is 0 Å². The first-order chi connectivity index (χ1) is 9.83. The molecule has 1 atom stereocenters. The Kier molecular flexibility index (Phi) is 5.24. The van der Waals surface area contributed by atoms with Crippen molar-refractivity contribution in [3.8, 4) is 0 Å². The minimum Gasteiger partial charge on any atom is -0.480 e. The van der Waals surface area contributed by atoms with Gasteiger partial charge in [-0.15, -0.1) is 0 Å². The van der Waals surface area contributed by atoms with E-state index in [1.54, 1.807) is 0 Å². The Bertz CT molecular complexity index is 476. The Labute approximate surface area is 126 Å². The highest BCUT2D eigenvalue weighted by Crippen LogP contribution is 2.28. The van der Waals surface area contributed by atoms with Gasteiger partial charge in [-0.25, -0.2) is 0 Å². The maximum Gasteiger partial charge on any atom is 0.317 e. The third-order valence-corrected chi connectivity index (χ3v) is 6.28. The third-order valence-electron chi connectivity index (χ3n) is 4.49. The fraction of sp³-hybridized carbons (Fsp3) is 0.923. The minimum absolute atomic E-state index is 0.0177. The molecule has 0 aromatic carbocycles. The summed E-state index contributed by atoms with van der Waals surface area (Å²) >= 11 is 0. The molecular weight excluding hydrogens is 294 g/mol. The summed E-state index contributed by atoms with van der Waals surface area (Å²) in [5.41, 5.74) is 0. The molecule has 122 valence electrons. The van der Waals surface area contributed by atoms with E-state index in [2.05, 4.69) is 4.72 Å². The summed E-state index contributed by atoms with van der Waals surface area (Å²) in [4.78, 5) is 12.7. The van der Waals surface area contributed by atoms with Crippen molar-refractivity contribution in [2.24, 2.45) is 0 Å². The molecule has 2 fully saturated rings. The largest absolute Gasteiger partial charge is 0.480 e. The van der Waals surface area contributed by atoms with Crippen LogP contribution in [0.15, 0.2) is 0 Å². The molecule has 7 nitrogen and oxygen atoms in total. The molecule has 1 aliphatic heterocycles. The smallest absolute Gasteiger partial charge is 0.317 e. The molecule has 0 aromatic heterocycles. The van der Waals surface area contributed by atoms with Crippen LogP contribution in [-0.2, 0) is 15.0 Å². The summed E-state index contributed by atoms with van der Waals surface area (Å²) in [5.74, 6) is -0.841. The average Bonchev–Trinajstić information content (AvgIpc) is 2.77. The van der Waals surface area contributed by atoms with Gasteiger partial charge in [-0.1, -0.05) is 6.92 Å². The van der Waals surface area contributed by atoms with E-state index < -0.39 is 16.2 Å². The Morgan fingerprint density at radius 1 is 1.43 bits per heavy atom. The number of carboxylic acid groups (broad SMARTS) is 1. The molecular formula is C13H25N3O4S. The van der Waals surface area contributed by atoms with Crippen molar-refractivity contribution in [3.63, 3.8) is 0 Å². The second kappa shape index (κ2) is 6.60. The van der Waals surface area contributed by atoms with Crippen molar-refractivity contribution in [2.45, 2.75) is 57.7 Å². The molecule has 0 bridgehead atoms. The highest BCUT2D eigenvalue weighted by atomic mass is 32.2. The van der Waals surface area contributed by atoms with Crippen LogP contribution in [0.25, 0.3) is 0 Å². The molecule has 0 radical (unpaired) electrons. The fourth-order valence-corrected chi connectivity index (χ4v) is 4.90. The molecule has 1 saturated carbocycles. The SMILES string of the molecule is CCN(CC(=O)O)C1CC(NS(=O)(=O)N2CCCC2C)C1. The zero-order valence-electron chi connectivity index (χ0n) is 12.7. The van der Waals surface area contributed by atoms with Crippen LogP contribution in [0.5, 0.6) is 0 Å². The summed E-state index contributed by atoms with van der Waals surface area (Å²) in [6, 6.07) is 0.156. The molecule has 2 aliphatic rings. The van der Waals surface area contributed by atoms with E-state index in [1.807, 2.05) is 18.7 Å². The quantitative estimate of drug-likeness (QED) is 0.702. The number of hydrogen-bond acceptors (Lipinski definition) is 4. The topological polar surface area (TPSA) is 90.0 Å². The van der Waals surface area contributed by atoms with E-state index in [-0.39, 0.29) is 24.7 Å². The van der Waals surface area contributed by atoms with E-state index in [1.165, 1.54) is 4.31 Å². The molecule has 1 saturated heterocycles. The lowest BCUT2D eigenvalue weighted by Crippen LogP contribution is -2.57. The number of carbonyl (C=O) groups is 1. The van der Waals surface area contributed by atoms with Crippen molar-refractivity contribution in [3.05, 3.63) is 0 Å². The zero-order chi connectivity index (χ0) is 15.6. The Morgan fingerprint density at radius 2 is 2.10 bits per heavy atom. The summed E-state index contributed by atoms with van der Waals surface area (Å²) in [5, 5.41) is 8.85. The van der Waals surface area contributed by atoms with Gasteiger partial charge in [-0.3, -0.25) is 9.69 Å². The number of carboxylic acids is 1. The predicted molar refractivity (Wildman–Crippen MR) is 79.2 cm³/mol. The van der Waals surface area contributed by atoms with Crippen LogP contribution >= 0.6 is 0 Å². The van der Waals surface area contributed by atoms with Crippen LogP contribution in [-0.4, -0.2) is 66.5 Å². The molecule has 1 heterocycles.